The second-order valence-electron chi connectivity index (χ2n) is 3.55. The predicted molar refractivity (Wildman–Crippen MR) is 60.1 cm³/mol. The summed E-state index contributed by atoms with van der Waals surface area (Å²) >= 11 is 6.16. The molecular formula is C10H13ClN4. The van der Waals surface area contributed by atoms with Crippen molar-refractivity contribution in [2.45, 2.75) is 19.8 Å². The van der Waals surface area contributed by atoms with Gasteiger partial charge in [-0.05, 0) is 31.9 Å². The smallest absolute Gasteiger partial charge is 0.174 e. The Hall–Kier alpha value is -1.13. The highest BCUT2D eigenvalue weighted by molar-refractivity contribution is 6.34. The van der Waals surface area contributed by atoms with E-state index in [1.807, 2.05) is 13.1 Å². The van der Waals surface area contributed by atoms with Gasteiger partial charge in [0.25, 0.3) is 0 Å². The first-order chi connectivity index (χ1) is 7.22. The van der Waals surface area contributed by atoms with Gasteiger partial charge in [-0.15, -0.1) is 0 Å². The van der Waals surface area contributed by atoms with Crippen LogP contribution in [0.4, 0.5) is 0 Å². The summed E-state index contributed by atoms with van der Waals surface area (Å²) in [4.78, 5) is 4.25. The molecule has 0 saturated carbocycles. The molecule has 0 bridgehead atoms. The van der Waals surface area contributed by atoms with E-state index in [9.17, 15) is 0 Å². The molecule has 4 nitrogen and oxygen atoms in total. The highest BCUT2D eigenvalue weighted by Gasteiger charge is 2.10. The van der Waals surface area contributed by atoms with Gasteiger partial charge in [0.05, 0.1) is 5.69 Å². The molecule has 15 heavy (non-hydrogen) atoms. The van der Waals surface area contributed by atoms with E-state index >= 15 is 0 Å². The zero-order valence-electron chi connectivity index (χ0n) is 8.57. The number of nitrogens with two attached hydrogens (primary N) is 1. The standard InChI is InChI=1S/C10H13ClN4/c1-7-5-13-10-9(11)8(3-2-4-12)14-15(10)6-7/h5-6H,2-4,12H2,1H3. The molecule has 0 saturated heterocycles. The van der Waals surface area contributed by atoms with Gasteiger partial charge >= 0.3 is 0 Å². The van der Waals surface area contributed by atoms with Gasteiger partial charge in [-0.1, -0.05) is 11.6 Å². The molecule has 0 aliphatic rings. The van der Waals surface area contributed by atoms with Gasteiger partial charge < -0.3 is 5.73 Å². The fourth-order valence-corrected chi connectivity index (χ4v) is 1.74. The second kappa shape index (κ2) is 4.16. The van der Waals surface area contributed by atoms with Gasteiger partial charge in [-0.25, -0.2) is 9.50 Å². The highest BCUT2D eigenvalue weighted by atomic mass is 35.5. The number of rotatable bonds is 3. The molecule has 0 fully saturated rings. The minimum Gasteiger partial charge on any atom is -0.330 e. The first-order valence-corrected chi connectivity index (χ1v) is 5.29. The van der Waals surface area contributed by atoms with Crippen LogP contribution < -0.4 is 5.73 Å². The molecule has 2 aromatic heterocycles. The van der Waals surface area contributed by atoms with Crippen LogP contribution in [-0.4, -0.2) is 21.1 Å². The van der Waals surface area contributed by atoms with Crippen LogP contribution in [-0.2, 0) is 6.42 Å². The lowest BCUT2D eigenvalue weighted by molar-refractivity contribution is 0.787. The van der Waals surface area contributed by atoms with Crippen molar-refractivity contribution < 1.29 is 0 Å². The SMILES string of the molecule is Cc1cnc2c(Cl)c(CCCN)nn2c1. The summed E-state index contributed by atoms with van der Waals surface area (Å²) in [6.07, 6.45) is 5.40. The summed E-state index contributed by atoms with van der Waals surface area (Å²) in [5, 5.41) is 5.02. The van der Waals surface area contributed by atoms with Crippen LogP contribution in [0.15, 0.2) is 12.4 Å². The van der Waals surface area contributed by atoms with Crippen molar-refractivity contribution in [1.29, 1.82) is 0 Å². The summed E-state index contributed by atoms with van der Waals surface area (Å²) in [5.74, 6) is 0. The van der Waals surface area contributed by atoms with E-state index < -0.39 is 0 Å². The monoisotopic (exact) mass is 224 g/mol. The van der Waals surface area contributed by atoms with Crippen LogP contribution in [0.25, 0.3) is 5.65 Å². The Labute approximate surface area is 93.1 Å². The maximum Gasteiger partial charge on any atom is 0.174 e. The summed E-state index contributed by atoms with van der Waals surface area (Å²) < 4.78 is 1.73. The van der Waals surface area contributed by atoms with E-state index in [2.05, 4.69) is 10.1 Å². The molecule has 0 aromatic carbocycles. The van der Waals surface area contributed by atoms with Crippen molar-refractivity contribution in [3.05, 3.63) is 28.7 Å². The van der Waals surface area contributed by atoms with Gasteiger partial charge in [0.15, 0.2) is 5.65 Å². The Morgan fingerprint density at radius 1 is 1.53 bits per heavy atom. The molecule has 0 unspecified atom stereocenters. The van der Waals surface area contributed by atoms with E-state index in [0.29, 0.717) is 17.2 Å². The van der Waals surface area contributed by atoms with Crippen molar-refractivity contribution in [3.8, 4) is 0 Å². The third kappa shape index (κ3) is 1.96. The molecule has 0 radical (unpaired) electrons. The summed E-state index contributed by atoms with van der Waals surface area (Å²) in [6.45, 7) is 2.62. The predicted octanol–water partition coefficient (Wildman–Crippen LogP) is 1.58. The van der Waals surface area contributed by atoms with Crippen molar-refractivity contribution >= 4 is 17.2 Å². The number of halogens is 1. The summed E-state index contributed by atoms with van der Waals surface area (Å²) in [6, 6.07) is 0. The maximum atomic E-state index is 6.16. The molecule has 0 aliphatic carbocycles. The van der Waals surface area contributed by atoms with Gasteiger partial charge in [0, 0.05) is 12.4 Å². The lowest BCUT2D eigenvalue weighted by Gasteiger charge is -1.92. The van der Waals surface area contributed by atoms with Gasteiger partial charge in [-0.2, -0.15) is 5.10 Å². The number of aryl methyl sites for hydroxylation is 2. The zero-order valence-corrected chi connectivity index (χ0v) is 9.33. The highest BCUT2D eigenvalue weighted by Crippen LogP contribution is 2.21. The molecule has 2 heterocycles. The van der Waals surface area contributed by atoms with Crippen LogP contribution >= 0.6 is 11.6 Å². The van der Waals surface area contributed by atoms with E-state index in [1.54, 1.807) is 10.7 Å². The van der Waals surface area contributed by atoms with Crippen LogP contribution in [0.2, 0.25) is 5.02 Å². The van der Waals surface area contributed by atoms with Crippen LogP contribution in [0.5, 0.6) is 0 Å². The van der Waals surface area contributed by atoms with E-state index in [0.717, 1.165) is 24.1 Å². The minimum absolute atomic E-state index is 0.642. The number of hydrogen-bond acceptors (Lipinski definition) is 3. The van der Waals surface area contributed by atoms with Crippen molar-refractivity contribution in [1.82, 2.24) is 14.6 Å². The maximum absolute atomic E-state index is 6.16. The van der Waals surface area contributed by atoms with Crippen LogP contribution in [0.1, 0.15) is 17.7 Å². The van der Waals surface area contributed by atoms with Crippen LogP contribution in [0, 0.1) is 6.92 Å². The van der Waals surface area contributed by atoms with Crippen molar-refractivity contribution in [2.24, 2.45) is 5.73 Å². The fourth-order valence-electron chi connectivity index (χ4n) is 1.48. The lowest BCUT2D eigenvalue weighted by Crippen LogP contribution is -2.01. The molecule has 2 aromatic rings. The fraction of sp³-hybridized carbons (Fsp3) is 0.400. The molecule has 2 rings (SSSR count). The van der Waals surface area contributed by atoms with E-state index in [1.165, 1.54) is 0 Å². The average Bonchev–Trinajstić information content (AvgIpc) is 2.52. The molecule has 80 valence electrons. The van der Waals surface area contributed by atoms with Gasteiger partial charge in [-0.3, -0.25) is 0 Å². The Kier molecular flexibility index (Phi) is 2.88. The summed E-state index contributed by atoms with van der Waals surface area (Å²) in [7, 11) is 0. The molecule has 0 spiro atoms. The van der Waals surface area contributed by atoms with E-state index in [4.69, 9.17) is 17.3 Å². The minimum atomic E-state index is 0.642. The quantitative estimate of drug-likeness (QED) is 0.861. The number of aromatic nitrogens is 3. The van der Waals surface area contributed by atoms with Gasteiger partial charge in [0.2, 0.25) is 0 Å². The van der Waals surface area contributed by atoms with Crippen LogP contribution in [0.3, 0.4) is 0 Å². The van der Waals surface area contributed by atoms with E-state index in [-0.39, 0.29) is 0 Å². The second-order valence-corrected chi connectivity index (χ2v) is 3.93. The molecular weight excluding hydrogens is 212 g/mol. The lowest BCUT2D eigenvalue weighted by atomic mass is 10.2. The number of hydrogen-bond donors (Lipinski definition) is 1. The Bertz CT molecular complexity index is 477. The molecule has 0 atom stereocenters. The van der Waals surface area contributed by atoms with Crippen molar-refractivity contribution in [3.63, 3.8) is 0 Å². The Balaban J connectivity index is 2.44. The number of fused-ring (bicyclic) bond motifs is 1. The Morgan fingerprint density at radius 2 is 2.33 bits per heavy atom. The average molecular weight is 225 g/mol. The largest absolute Gasteiger partial charge is 0.330 e. The van der Waals surface area contributed by atoms with Crippen molar-refractivity contribution in [2.75, 3.05) is 6.54 Å². The zero-order chi connectivity index (χ0) is 10.8. The topological polar surface area (TPSA) is 56.2 Å². The first-order valence-electron chi connectivity index (χ1n) is 4.92. The number of nitrogens with zero attached hydrogens (tertiary/aromatic N) is 3. The molecule has 5 heteroatoms. The third-order valence-electron chi connectivity index (χ3n) is 2.23. The molecule has 0 amide bonds. The van der Waals surface area contributed by atoms with Gasteiger partial charge in [0.1, 0.15) is 5.02 Å². The normalized spacial score (nSPS) is 11.1. The third-order valence-corrected chi connectivity index (χ3v) is 2.62. The first kappa shape index (κ1) is 10.4. The Morgan fingerprint density at radius 3 is 3.07 bits per heavy atom. The molecule has 0 aliphatic heterocycles. The summed E-state index contributed by atoms with van der Waals surface area (Å²) in [5.41, 5.74) is 8.11. The molecule has 2 N–H and O–H groups in total.